The van der Waals surface area contributed by atoms with E-state index in [0.29, 0.717) is 31.6 Å². The van der Waals surface area contributed by atoms with Crippen molar-refractivity contribution < 1.29 is 9.59 Å². The topological polar surface area (TPSA) is 107 Å². The summed E-state index contributed by atoms with van der Waals surface area (Å²) in [6, 6.07) is 0. The fourth-order valence-electron chi connectivity index (χ4n) is 1.47. The zero-order valence-electron chi connectivity index (χ0n) is 10.5. The van der Waals surface area contributed by atoms with E-state index < -0.39 is 5.91 Å². The van der Waals surface area contributed by atoms with Gasteiger partial charge in [0, 0.05) is 32.8 Å². The van der Waals surface area contributed by atoms with Gasteiger partial charge < -0.3 is 16.4 Å². The van der Waals surface area contributed by atoms with Crippen LogP contribution in [0.5, 0.6) is 0 Å². The number of nitrogens with two attached hydrogens (primary N) is 2. The van der Waals surface area contributed by atoms with Crippen LogP contribution in [0.1, 0.15) is 23.2 Å². The summed E-state index contributed by atoms with van der Waals surface area (Å²) in [5, 5.41) is 3.96. The molecule has 7 nitrogen and oxygen atoms in total. The lowest BCUT2D eigenvalue weighted by molar-refractivity contribution is -0.130. The highest BCUT2D eigenvalue weighted by Gasteiger charge is 2.09. The molecule has 0 radical (unpaired) electrons. The fourth-order valence-corrected chi connectivity index (χ4v) is 1.47. The van der Waals surface area contributed by atoms with Crippen molar-refractivity contribution in [2.24, 2.45) is 11.5 Å². The third kappa shape index (κ3) is 4.17. The van der Waals surface area contributed by atoms with Gasteiger partial charge in [0.15, 0.2) is 0 Å². The lowest BCUT2D eigenvalue weighted by Crippen LogP contribution is -2.29. The van der Waals surface area contributed by atoms with Crippen molar-refractivity contribution in [3.8, 4) is 0 Å². The lowest BCUT2D eigenvalue weighted by atomic mass is 10.3. The van der Waals surface area contributed by atoms with Crippen LogP contribution in [0.4, 0.5) is 0 Å². The van der Waals surface area contributed by atoms with Crippen LogP contribution in [-0.4, -0.2) is 46.6 Å². The Morgan fingerprint density at radius 2 is 2.22 bits per heavy atom. The van der Waals surface area contributed by atoms with Gasteiger partial charge in [-0.15, -0.1) is 0 Å². The Morgan fingerprint density at radius 3 is 2.78 bits per heavy atom. The first-order valence-electron chi connectivity index (χ1n) is 5.81. The Hall–Kier alpha value is -1.89. The molecule has 2 amide bonds. The highest BCUT2D eigenvalue weighted by molar-refractivity contribution is 5.92. The highest BCUT2D eigenvalue weighted by atomic mass is 16.2. The highest BCUT2D eigenvalue weighted by Crippen LogP contribution is 1.99. The second-order valence-electron chi connectivity index (χ2n) is 4.06. The summed E-state index contributed by atoms with van der Waals surface area (Å²) in [5.41, 5.74) is 10.8. The van der Waals surface area contributed by atoms with Gasteiger partial charge in [0.2, 0.25) is 5.91 Å². The molecule has 1 heterocycles. The van der Waals surface area contributed by atoms with Gasteiger partial charge in [-0.3, -0.25) is 14.3 Å². The van der Waals surface area contributed by atoms with Crippen molar-refractivity contribution in [1.29, 1.82) is 0 Å². The fraction of sp³-hybridized carbons (Fsp3) is 0.545. The molecule has 1 rings (SSSR count). The van der Waals surface area contributed by atoms with E-state index in [1.54, 1.807) is 11.9 Å². The van der Waals surface area contributed by atoms with Gasteiger partial charge in [-0.2, -0.15) is 5.10 Å². The maximum Gasteiger partial charge on any atom is 0.251 e. The number of aromatic nitrogens is 2. The molecule has 0 bridgehead atoms. The normalized spacial score (nSPS) is 10.3. The first-order valence-corrected chi connectivity index (χ1v) is 5.81. The second kappa shape index (κ2) is 6.75. The van der Waals surface area contributed by atoms with E-state index >= 15 is 0 Å². The predicted octanol–water partition coefficient (Wildman–Crippen LogP) is -0.821. The van der Waals surface area contributed by atoms with Crippen LogP contribution in [0.3, 0.4) is 0 Å². The average molecular weight is 253 g/mol. The second-order valence-corrected chi connectivity index (χ2v) is 4.06. The van der Waals surface area contributed by atoms with Crippen LogP contribution in [0.15, 0.2) is 12.4 Å². The molecule has 0 aliphatic heterocycles. The number of hydrogen-bond donors (Lipinski definition) is 2. The smallest absolute Gasteiger partial charge is 0.251 e. The van der Waals surface area contributed by atoms with Gasteiger partial charge in [0.25, 0.3) is 5.91 Å². The van der Waals surface area contributed by atoms with E-state index in [9.17, 15) is 9.59 Å². The zero-order chi connectivity index (χ0) is 13.5. The number of nitrogens with zero attached hydrogens (tertiary/aromatic N) is 3. The van der Waals surface area contributed by atoms with Gasteiger partial charge in [-0.1, -0.05) is 0 Å². The summed E-state index contributed by atoms with van der Waals surface area (Å²) in [5.74, 6) is -0.493. The quantitative estimate of drug-likeness (QED) is 0.661. The number of primary amides is 1. The third-order valence-corrected chi connectivity index (χ3v) is 2.60. The monoisotopic (exact) mass is 253 g/mol. The molecule has 1 aromatic heterocycles. The molecule has 0 aromatic carbocycles. The number of aryl methyl sites for hydroxylation is 1. The molecule has 0 saturated heterocycles. The molecule has 0 unspecified atom stereocenters. The Labute approximate surface area is 106 Å². The lowest BCUT2D eigenvalue weighted by Gasteiger charge is -2.16. The number of carbonyl (C=O) groups excluding carboxylic acids is 2. The van der Waals surface area contributed by atoms with Crippen LogP contribution in [0.2, 0.25) is 0 Å². The Morgan fingerprint density at radius 1 is 1.50 bits per heavy atom. The van der Waals surface area contributed by atoms with E-state index in [1.807, 2.05) is 0 Å². The Kier molecular flexibility index (Phi) is 5.31. The molecule has 1 aromatic rings. The SMILES string of the molecule is CN(CCCN)C(=O)CCn1cc(C(N)=O)cn1. The minimum atomic E-state index is -0.521. The predicted molar refractivity (Wildman–Crippen MR) is 66.7 cm³/mol. The summed E-state index contributed by atoms with van der Waals surface area (Å²) in [6.07, 6.45) is 4.05. The van der Waals surface area contributed by atoms with Gasteiger partial charge in [-0.25, -0.2) is 0 Å². The standard InChI is InChI=1S/C11H19N5O2/c1-15(5-2-4-12)10(17)3-6-16-8-9(7-14-16)11(13)18/h7-8H,2-6,12H2,1H3,(H2,13,18). The van der Waals surface area contributed by atoms with E-state index in [1.165, 1.54) is 17.1 Å². The van der Waals surface area contributed by atoms with E-state index in [0.717, 1.165) is 6.42 Å². The molecule has 0 aliphatic carbocycles. The first kappa shape index (κ1) is 14.2. The number of amides is 2. The minimum absolute atomic E-state index is 0.0274. The summed E-state index contributed by atoms with van der Waals surface area (Å²) < 4.78 is 1.54. The van der Waals surface area contributed by atoms with Crippen molar-refractivity contribution in [2.75, 3.05) is 20.1 Å². The van der Waals surface area contributed by atoms with Crippen LogP contribution in [0.25, 0.3) is 0 Å². The Balaban J connectivity index is 2.39. The molecule has 0 saturated carbocycles. The van der Waals surface area contributed by atoms with E-state index in [4.69, 9.17) is 11.5 Å². The maximum atomic E-state index is 11.7. The summed E-state index contributed by atoms with van der Waals surface area (Å²) in [6.45, 7) is 1.65. The van der Waals surface area contributed by atoms with Gasteiger partial charge in [0.1, 0.15) is 0 Å². The van der Waals surface area contributed by atoms with Crippen LogP contribution in [-0.2, 0) is 11.3 Å². The van der Waals surface area contributed by atoms with Crippen molar-refractivity contribution >= 4 is 11.8 Å². The average Bonchev–Trinajstić information content (AvgIpc) is 2.81. The molecule has 7 heteroatoms. The molecular weight excluding hydrogens is 234 g/mol. The van der Waals surface area contributed by atoms with Crippen molar-refractivity contribution in [1.82, 2.24) is 14.7 Å². The van der Waals surface area contributed by atoms with Crippen molar-refractivity contribution in [3.05, 3.63) is 18.0 Å². The molecule has 0 fully saturated rings. The van der Waals surface area contributed by atoms with Gasteiger partial charge in [0.05, 0.1) is 11.8 Å². The minimum Gasteiger partial charge on any atom is -0.366 e. The number of rotatable bonds is 7. The zero-order valence-corrected chi connectivity index (χ0v) is 10.5. The van der Waals surface area contributed by atoms with Crippen LogP contribution >= 0.6 is 0 Å². The summed E-state index contributed by atoms with van der Waals surface area (Å²) >= 11 is 0. The van der Waals surface area contributed by atoms with E-state index in [2.05, 4.69) is 5.10 Å². The third-order valence-electron chi connectivity index (χ3n) is 2.60. The maximum absolute atomic E-state index is 11.7. The molecule has 18 heavy (non-hydrogen) atoms. The van der Waals surface area contributed by atoms with Crippen molar-refractivity contribution in [2.45, 2.75) is 19.4 Å². The molecule has 0 atom stereocenters. The molecule has 100 valence electrons. The van der Waals surface area contributed by atoms with Crippen LogP contribution < -0.4 is 11.5 Å². The number of carbonyl (C=O) groups is 2. The molecule has 0 spiro atoms. The Bertz CT molecular complexity index is 415. The van der Waals surface area contributed by atoms with Gasteiger partial charge in [-0.05, 0) is 13.0 Å². The number of hydrogen-bond acceptors (Lipinski definition) is 4. The molecule has 0 aliphatic rings. The van der Waals surface area contributed by atoms with Crippen molar-refractivity contribution in [3.63, 3.8) is 0 Å². The summed E-state index contributed by atoms with van der Waals surface area (Å²) in [7, 11) is 1.75. The molecule has 4 N–H and O–H groups in total. The van der Waals surface area contributed by atoms with Crippen LogP contribution in [0, 0.1) is 0 Å². The van der Waals surface area contributed by atoms with E-state index in [-0.39, 0.29) is 5.91 Å². The van der Waals surface area contributed by atoms with Gasteiger partial charge >= 0.3 is 0 Å². The molecular formula is C11H19N5O2. The summed E-state index contributed by atoms with van der Waals surface area (Å²) in [4.78, 5) is 24.2. The first-order chi connectivity index (χ1) is 8.54. The largest absolute Gasteiger partial charge is 0.366 e.